The van der Waals surface area contributed by atoms with Crippen LogP contribution in [-0.2, 0) is 6.54 Å². The second kappa shape index (κ2) is 7.13. The molecule has 0 unspecified atom stereocenters. The van der Waals surface area contributed by atoms with Gasteiger partial charge in [-0.05, 0) is 17.7 Å². The molecule has 0 aliphatic rings. The summed E-state index contributed by atoms with van der Waals surface area (Å²) < 4.78 is 5.13. The molecule has 0 saturated carbocycles. The summed E-state index contributed by atoms with van der Waals surface area (Å²) in [5.41, 5.74) is 1.16. The zero-order valence-corrected chi connectivity index (χ0v) is 11.5. The predicted octanol–water partition coefficient (Wildman–Crippen LogP) is 2.70. The van der Waals surface area contributed by atoms with Crippen LogP contribution in [0.4, 0.5) is 11.6 Å². The first kappa shape index (κ1) is 13.9. The zero-order valence-electron chi connectivity index (χ0n) is 11.5. The number of rotatable bonds is 7. The Morgan fingerprint density at radius 2 is 1.85 bits per heavy atom. The lowest BCUT2D eigenvalue weighted by molar-refractivity contribution is 0.414. The van der Waals surface area contributed by atoms with Crippen LogP contribution in [0.1, 0.15) is 5.56 Å². The lowest BCUT2D eigenvalue weighted by Crippen LogP contribution is -2.05. The molecule has 0 bridgehead atoms. The third-order valence-corrected chi connectivity index (χ3v) is 2.73. The minimum absolute atomic E-state index is 0.676. The monoisotopic (exact) mass is 270 g/mol. The van der Waals surface area contributed by atoms with Gasteiger partial charge in [0.15, 0.2) is 0 Å². The first-order valence-electron chi connectivity index (χ1n) is 6.35. The second-order valence-corrected chi connectivity index (χ2v) is 4.16. The zero-order chi connectivity index (χ0) is 14.2. The highest BCUT2D eigenvalue weighted by atomic mass is 16.5. The van der Waals surface area contributed by atoms with E-state index in [1.165, 1.54) is 6.33 Å². The number of aromatic nitrogens is 2. The summed E-state index contributed by atoms with van der Waals surface area (Å²) in [5, 5.41) is 6.38. The molecule has 0 saturated heterocycles. The third kappa shape index (κ3) is 3.98. The molecule has 1 heterocycles. The highest BCUT2D eigenvalue weighted by Crippen LogP contribution is 2.13. The average molecular weight is 270 g/mol. The van der Waals surface area contributed by atoms with Crippen LogP contribution in [0.3, 0.4) is 0 Å². The molecule has 2 N–H and O–H groups in total. The fourth-order valence-electron chi connectivity index (χ4n) is 1.66. The average Bonchev–Trinajstić information content (AvgIpc) is 2.52. The Hall–Kier alpha value is -2.56. The maximum atomic E-state index is 5.13. The first-order chi connectivity index (χ1) is 9.81. The maximum Gasteiger partial charge on any atom is 0.131 e. The summed E-state index contributed by atoms with van der Waals surface area (Å²) in [7, 11) is 1.66. The van der Waals surface area contributed by atoms with Gasteiger partial charge in [-0.25, -0.2) is 9.97 Å². The van der Waals surface area contributed by atoms with Crippen molar-refractivity contribution in [1.29, 1.82) is 0 Å². The normalized spacial score (nSPS) is 9.85. The number of hydrogen-bond donors (Lipinski definition) is 2. The van der Waals surface area contributed by atoms with Crippen molar-refractivity contribution in [2.24, 2.45) is 0 Å². The molecule has 0 atom stereocenters. The van der Waals surface area contributed by atoms with Gasteiger partial charge in [0.1, 0.15) is 23.7 Å². The Kier molecular flexibility index (Phi) is 4.94. The number of ether oxygens (including phenoxy) is 1. The van der Waals surface area contributed by atoms with Gasteiger partial charge >= 0.3 is 0 Å². The molecule has 5 nitrogen and oxygen atoms in total. The molecular weight excluding hydrogens is 252 g/mol. The van der Waals surface area contributed by atoms with E-state index in [9.17, 15) is 0 Å². The van der Waals surface area contributed by atoms with Gasteiger partial charge in [0.25, 0.3) is 0 Å². The van der Waals surface area contributed by atoms with E-state index in [0.29, 0.717) is 13.1 Å². The third-order valence-electron chi connectivity index (χ3n) is 2.73. The van der Waals surface area contributed by atoms with Gasteiger partial charge in [0.2, 0.25) is 0 Å². The van der Waals surface area contributed by atoms with E-state index < -0.39 is 0 Å². The molecule has 2 aromatic rings. The molecule has 0 amide bonds. The molecule has 5 heteroatoms. The molecule has 0 radical (unpaired) electrons. The van der Waals surface area contributed by atoms with Crippen molar-refractivity contribution >= 4 is 11.6 Å². The van der Waals surface area contributed by atoms with Gasteiger partial charge in [0.05, 0.1) is 7.11 Å². The summed E-state index contributed by atoms with van der Waals surface area (Å²) in [5.74, 6) is 2.41. The van der Waals surface area contributed by atoms with Crippen LogP contribution >= 0.6 is 0 Å². The minimum atomic E-state index is 0.676. The van der Waals surface area contributed by atoms with Crippen LogP contribution in [0.5, 0.6) is 5.75 Å². The fraction of sp³-hybridized carbons (Fsp3) is 0.200. The maximum absolute atomic E-state index is 5.13. The fourth-order valence-corrected chi connectivity index (χ4v) is 1.66. The summed E-state index contributed by atoms with van der Waals surface area (Å²) >= 11 is 0. The van der Waals surface area contributed by atoms with E-state index in [4.69, 9.17) is 4.74 Å². The molecule has 0 aliphatic heterocycles. The Morgan fingerprint density at radius 1 is 1.15 bits per heavy atom. The molecule has 2 rings (SSSR count). The quantitative estimate of drug-likeness (QED) is 0.758. The molecule has 0 aliphatic carbocycles. The standard InChI is InChI=1S/C15H18N4O/c1-3-8-16-14-9-15(19-11-18-14)17-10-12-4-6-13(20-2)7-5-12/h3-7,9,11H,1,8,10H2,2H3,(H2,16,17,18,19). The topological polar surface area (TPSA) is 59.1 Å². The van der Waals surface area contributed by atoms with E-state index in [1.54, 1.807) is 13.2 Å². The van der Waals surface area contributed by atoms with Gasteiger partial charge in [-0.2, -0.15) is 0 Å². The van der Waals surface area contributed by atoms with Crippen LogP contribution in [0.2, 0.25) is 0 Å². The number of hydrogen-bond acceptors (Lipinski definition) is 5. The summed E-state index contributed by atoms with van der Waals surface area (Å²) in [4.78, 5) is 8.31. The van der Waals surface area contributed by atoms with Crippen molar-refractivity contribution in [2.75, 3.05) is 24.3 Å². The Balaban J connectivity index is 1.93. The van der Waals surface area contributed by atoms with Crippen LogP contribution in [0.15, 0.2) is 49.3 Å². The van der Waals surface area contributed by atoms with E-state index in [-0.39, 0.29) is 0 Å². The first-order valence-corrected chi connectivity index (χ1v) is 6.35. The Labute approximate surface area is 118 Å². The van der Waals surface area contributed by atoms with Gasteiger partial charge < -0.3 is 15.4 Å². The summed E-state index contributed by atoms with van der Waals surface area (Å²) in [6.07, 6.45) is 3.31. The van der Waals surface area contributed by atoms with E-state index in [2.05, 4.69) is 27.2 Å². The van der Waals surface area contributed by atoms with E-state index in [1.807, 2.05) is 30.3 Å². The van der Waals surface area contributed by atoms with Crippen molar-refractivity contribution in [1.82, 2.24) is 9.97 Å². The van der Waals surface area contributed by atoms with Crippen molar-refractivity contribution in [2.45, 2.75) is 6.54 Å². The Bertz CT molecular complexity index is 554. The van der Waals surface area contributed by atoms with Crippen molar-refractivity contribution < 1.29 is 4.74 Å². The number of nitrogens with one attached hydrogen (secondary N) is 2. The lowest BCUT2D eigenvalue weighted by atomic mass is 10.2. The number of anilines is 2. The molecule has 0 spiro atoms. The largest absolute Gasteiger partial charge is 0.497 e. The lowest BCUT2D eigenvalue weighted by Gasteiger charge is -2.08. The van der Waals surface area contributed by atoms with E-state index >= 15 is 0 Å². The van der Waals surface area contributed by atoms with Crippen LogP contribution in [-0.4, -0.2) is 23.6 Å². The van der Waals surface area contributed by atoms with Crippen LogP contribution in [0.25, 0.3) is 0 Å². The molecule has 1 aromatic carbocycles. The number of nitrogens with zero attached hydrogens (tertiary/aromatic N) is 2. The van der Waals surface area contributed by atoms with Crippen molar-refractivity contribution in [3.63, 3.8) is 0 Å². The molecule has 1 aromatic heterocycles. The molecule has 104 valence electrons. The second-order valence-electron chi connectivity index (χ2n) is 4.16. The smallest absolute Gasteiger partial charge is 0.131 e. The highest BCUT2D eigenvalue weighted by Gasteiger charge is 1.99. The number of methoxy groups -OCH3 is 1. The van der Waals surface area contributed by atoms with Crippen molar-refractivity contribution in [3.05, 3.63) is 54.9 Å². The molecular formula is C15H18N4O. The SMILES string of the molecule is C=CCNc1cc(NCc2ccc(OC)cc2)ncn1. The minimum Gasteiger partial charge on any atom is -0.497 e. The Morgan fingerprint density at radius 3 is 2.50 bits per heavy atom. The highest BCUT2D eigenvalue weighted by molar-refractivity contribution is 5.47. The predicted molar refractivity (Wildman–Crippen MR) is 81.0 cm³/mol. The molecule has 0 fully saturated rings. The van der Waals surface area contributed by atoms with E-state index in [0.717, 1.165) is 22.9 Å². The van der Waals surface area contributed by atoms with Crippen LogP contribution < -0.4 is 15.4 Å². The number of benzene rings is 1. The van der Waals surface area contributed by atoms with Gasteiger partial charge in [-0.3, -0.25) is 0 Å². The van der Waals surface area contributed by atoms with Gasteiger partial charge in [-0.1, -0.05) is 18.2 Å². The van der Waals surface area contributed by atoms with Gasteiger partial charge in [-0.15, -0.1) is 6.58 Å². The molecule has 20 heavy (non-hydrogen) atoms. The summed E-state index contributed by atoms with van der Waals surface area (Å²) in [6.45, 7) is 5.03. The van der Waals surface area contributed by atoms with Gasteiger partial charge in [0, 0.05) is 19.2 Å². The van der Waals surface area contributed by atoms with Crippen molar-refractivity contribution in [3.8, 4) is 5.75 Å². The van der Waals surface area contributed by atoms with Crippen LogP contribution in [0, 0.1) is 0 Å². The summed E-state index contributed by atoms with van der Waals surface area (Å²) in [6, 6.07) is 9.78.